The van der Waals surface area contributed by atoms with Gasteiger partial charge in [0.05, 0.1) is 28.7 Å². The maximum Gasteiger partial charge on any atom is 0.252 e. The number of sulfonamides is 1. The molecule has 0 bridgehead atoms. The minimum atomic E-state index is -3.40. The van der Waals surface area contributed by atoms with Gasteiger partial charge in [-0.15, -0.1) is 0 Å². The van der Waals surface area contributed by atoms with Crippen molar-refractivity contribution in [3.8, 4) is 5.69 Å². The first-order valence-corrected chi connectivity index (χ1v) is 12.5. The largest absolute Gasteiger partial charge is 0.348 e. The van der Waals surface area contributed by atoms with Crippen LogP contribution in [0.25, 0.3) is 16.6 Å². The molecule has 0 aliphatic carbocycles. The molecule has 34 heavy (non-hydrogen) atoms. The molecule has 0 saturated carbocycles. The Hall–Kier alpha value is -3.56. The molecule has 0 atom stereocenters. The van der Waals surface area contributed by atoms with E-state index < -0.39 is 10.0 Å². The number of rotatable bonds is 8. The summed E-state index contributed by atoms with van der Waals surface area (Å²) in [4.78, 5) is 12.9. The van der Waals surface area contributed by atoms with Gasteiger partial charge in [-0.1, -0.05) is 30.3 Å². The number of nitrogens with zero attached hydrogens (tertiary/aromatic N) is 2. The van der Waals surface area contributed by atoms with Crippen molar-refractivity contribution in [1.29, 1.82) is 0 Å². The zero-order valence-electron chi connectivity index (χ0n) is 18.8. The maximum atomic E-state index is 13.3. The number of hydrogen-bond donors (Lipinski definition) is 2. The summed E-state index contributed by atoms with van der Waals surface area (Å²) >= 11 is 0. The highest BCUT2D eigenvalue weighted by atomic mass is 32.2. The third kappa shape index (κ3) is 5.49. The monoisotopic (exact) mass is 480 g/mol. The zero-order valence-corrected chi connectivity index (χ0v) is 19.6. The van der Waals surface area contributed by atoms with Gasteiger partial charge in [-0.3, -0.25) is 4.79 Å². The summed E-state index contributed by atoms with van der Waals surface area (Å²) in [6.07, 6.45) is 1.62. The van der Waals surface area contributed by atoms with E-state index in [4.69, 9.17) is 0 Å². The van der Waals surface area contributed by atoms with Crippen LogP contribution in [0.15, 0.2) is 72.9 Å². The van der Waals surface area contributed by atoms with Crippen LogP contribution in [0.3, 0.4) is 0 Å². The molecular formula is C25H25FN4O3S. The van der Waals surface area contributed by atoms with Gasteiger partial charge in [-0.2, -0.15) is 5.10 Å². The van der Waals surface area contributed by atoms with Crippen LogP contribution in [0.4, 0.5) is 4.39 Å². The summed E-state index contributed by atoms with van der Waals surface area (Å²) in [5.74, 6) is -0.683. The Morgan fingerprint density at radius 2 is 1.68 bits per heavy atom. The van der Waals surface area contributed by atoms with Crippen LogP contribution in [-0.2, 0) is 22.3 Å². The number of carbonyl (C=O) groups excluding carboxylic acids is 1. The highest BCUT2D eigenvalue weighted by Crippen LogP contribution is 2.22. The third-order valence-electron chi connectivity index (χ3n) is 5.18. The third-order valence-corrected chi connectivity index (χ3v) is 6.72. The van der Waals surface area contributed by atoms with E-state index in [1.54, 1.807) is 73.3 Å². The molecule has 3 aromatic carbocycles. The Morgan fingerprint density at radius 1 is 1.00 bits per heavy atom. The Kier molecular flexibility index (Phi) is 6.76. The van der Waals surface area contributed by atoms with E-state index in [1.165, 1.54) is 12.1 Å². The highest BCUT2D eigenvalue weighted by molar-refractivity contribution is 7.88. The fourth-order valence-electron chi connectivity index (χ4n) is 3.69. The molecule has 0 radical (unpaired) electrons. The van der Waals surface area contributed by atoms with Crippen LogP contribution in [0.5, 0.6) is 0 Å². The number of fused-ring (bicyclic) bond motifs is 1. The number of hydrogen-bond acceptors (Lipinski definition) is 4. The molecule has 7 nitrogen and oxygen atoms in total. The number of benzene rings is 3. The molecule has 1 aromatic heterocycles. The molecule has 2 N–H and O–H groups in total. The van der Waals surface area contributed by atoms with E-state index in [9.17, 15) is 17.6 Å². The fraction of sp³-hybridized carbons (Fsp3) is 0.200. The number of carbonyl (C=O) groups is 1. The number of halogens is 1. The minimum absolute atomic E-state index is 0.0993. The first-order valence-electron chi connectivity index (χ1n) is 10.8. The molecule has 0 spiro atoms. The van der Waals surface area contributed by atoms with Gasteiger partial charge in [0.25, 0.3) is 5.91 Å². The van der Waals surface area contributed by atoms with Gasteiger partial charge in [0, 0.05) is 18.0 Å². The van der Waals surface area contributed by atoms with Gasteiger partial charge < -0.3 is 5.32 Å². The number of aromatic nitrogens is 2. The second kappa shape index (κ2) is 9.74. The maximum absolute atomic E-state index is 13.3. The van der Waals surface area contributed by atoms with Crippen molar-refractivity contribution in [2.45, 2.75) is 32.2 Å². The average Bonchev–Trinajstić information content (AvgIpc) is 3.22. The molecule has 0 aliphatic heterocycles. The van der Waals surface area contributed by atoms with E-state index >= 15 is 0 Å². The van der Waals surface area contributed by atoms with Gasteiger partial charge in [-0.25, -0.2) is 22.2 Å². The standard InChI is InChI=1S/C25H25FN4O3S/c1-17(2)29-34(32,33)16-19-8-6-18(7-9-19)14-27-25(31)22-4-3-5-24-23(22)15-28-30(24)21-12-10-20(26)11-13-21/h3-13,15,17,29H,14,16H2,1-2H3,(H,27,31). The SMILES string of the molecule is CC(C)NS(=O)(=O)Cc1ccc(CNC(=O)c2cccc3c2cnn3-c2ccc(F)cc2)cc1. The predicted molar refractivity (Wildman–Crippen MR) is 130 cm³/mol. The lowest BCUT2D eigenvalue weighted by Gasteiger charge is -2.10. The van der Waals surface area contributed by atoms with Gasteiger partial charge in [0.1, 0.15) is 5.82 Å². The van der Waals surface area contributed by atoms with E-state index in [-0.39, 0.29) is 23.5 Å². The zero-order chi connectivity index (χ0) is 24.3. The lowest BCUT2D eigenvalue weighted by Crippen LogP contribution is -2.31. The van der Waals surface area contributed by atoms with E-state index in [2.05, 4.69) is 15.1 Å². The second-order valence-corrected chi connectivity index (χ2v) is 10.1. The van der Waals surface area contributed by atoms with Crippen molar-refractivity contribution in [3.63, 3.8) is 0 Å². The van der Waals surface area contributed by atoms with E-state index in [1.807, 2.05) is 6.07 Å². The van der Waals surface area contributed by atoms with Crippen molar-refractivity contribution in [3.05, 3.63) is 95.4 Å². The molecule has 176 valence electrons. The predicted octanol–water partition coefficient (Wildman–Crippen LogP) is 3.92. The molecule has 4 rings (SSSR count). The molecule has 0 aliphatic rings. The lowest BCUT2D eigenvalue weighted by molar-refractivity contribution is 0.0952. The Balaban J connectivity index is 1.45. The van der Waals surface area contributed by atoms with Crippen molar-refractivity contribution >= 4 is 26.8 Å². The Bertz CT molecular complexity index is 1410. The van der Waals surface area contributed by atoms with Crippen molar-refractivity contribution in [2.24, 2.45) is 0 Å². The molecular weight excluding hydrogens is 455 g/mol. The van der Waals surface area contributed by atoms with Crippen LogP contribution in [-0.4, -0.2) is 30.1 Å². The van der Waals surface area contributed by atoms with Gasteiger partial charge in [0.2, 0.25) is 10.0 Å². The summed E-state index contributed by atoms with van der Waals surface area (Å²) in [5, 5.41) is 7.96. The Labute approximate surface area is 197 Å². The normalized spacial score (nSPS) is 11.8. The fourth-order valence-corrected chi connectivity index (χ4v) is 5.12. The smallest absolute Gasteiger partial charge is 0.252 e. The highest BCUT2D eigenvalue weighted by Gasteiger charge is 2.15. The van der Waals surface area contributed by atoms with Crippen LogP contribution in [0, 0.1) is 5.82 Å². The van der Waals surface area contributed by atoms with Crippen LogP contribution in [0.2, 0.25) is 0 Å². The minimum Gasteiger partial charge on any atom is -0.348 e. The number of nitrogens with one attached hydrogen (secondary N) is 2. The summed E-state index contributed by atoms with van der Waals surface area (Å²) in [5.41, 5.74) is 3.43. The van der Waals surface area contributed by atoms with Gasteiger partial charge in [0.15, 0.2) is 0 Å². The quantitative estimate of drug-likeness (QED) is 0.400. The summed E-state index contributed by atoms with van der Waals surface area (Å²) in [7, 11) is -3.40. The number of amides is 1. The first kappa shape index (κ1) is 23.6. The van der Waals surface area contributed by atoms with E-state index in [0.717, 1.165) is 11.1 Å². The average molecular weight is 481 g/mol. The Morgan fingerprint density at radius 3 is 2.35 bits per heavy atom. The molecule has 4 aromatic rings. The summed E-state index contributed by atoms with van der Waals surface area (Å²) in [6, 6.07) is 18.3. The van der Waals surface area contributed by atoms with Crippen molar-refractivity contribution < 1.29 is 17.6 Å². The van der Waals surface area contributed by atoms with Crippen molar-refractivity contribution in [1.82, 2.24) is 19.8 Å². The van der Waals surface area contributed by atoms with Crippen LogP contribution < -0.4 is 10.0 Å². The lowest BCUT2D eigenvalue weighted by atomic mass is 10.1. The molecule has 0 fully saturated rings. The molecule has 0 unspecified atom stereocenters. The summed E-state index contributed by atoms with van der Waals surface area (Å²) in [6.45, 7) is 3.84. The van der Waals surface area contributed by atoms with Crippen LogP contribution >= 0.6 is 0 Å². The van der Waals surface area contributed by atoms with E-state index in [0.29, 0.717) is 28.7 Å². The second-order valence-electron chi connectivity index (χ2n) is 8.30. The first-order chi connectivity index (χ1) is 16.2. The summed E-state index contributed by atoms with van der Waals surface area (Å²) < 4.78 is 41.7. The molecule has 0 saturated heterocycles. The van der Waals surface area contributed by atoms with Crippen molar-refractivity contribution in [2.75, 3.05) is 0 Å². The van der Waals surface area contributed by atoms with Crippen LogP contribution in [0.1, 0.15) is 35.3 Å². The molecule has 9 heteroatoms. The van der Waals surface area contributed by atoms with Gasteiger partial charge >= 0.3 is 0 Å². The molecule has 1 amide bonds. The topological polar surface area (TPSA) is 93.1 Å². The molecule has 1 heterocycles. The van der Waals surface area contributed by atoms with Gasteiger partial charge in [-0.05, 0) is 61.4 Å².